The van der Waals surface area contributed by atoms with Crippen LogP contribution >= 0.6 is 22.7 Å². The highest BCUT2D eigenvalue weighted by molar-refractivity contribution is 7.17. The lowest BCUT2D eigenvalue weighted by Crippen LogP contribution is -2.00. The second kappa shape index (κ2) is 3.49. The minimum Gasteiger partial charge on any atom is -0.375 e. The fourth-order valence-electron chi connectivity index (χ4n) is 1.03. The molecule has 7 heteroatoms. The average molecular weight is 250 g/mol. The minimum absolute atomic E-state index is 0.354. The Labute approximate surface area is 91.2 Å². The number of anilines is 1. The molecule has 15 heavy (non-hydrogen) atoms. The van der Waals surface area contributed by atoms with E-state index in [1.54, 1.807) is 5.38 Å². The summed E-state index contributed by atoms with van der Waals surface area (Å²) in [5.41, 5.74) is 5.90. The Kier molecular flexibility index (Phi) is 2.43. The molecule has 2 nitrogen and oxygen atoms in total. The van der Waals surface area contributed by atoms with E-state index in [-0.39, 0.29) is 0 Å². The molecule has 0 radical (unpaired) electrons. The van der Waals surface area contributed by atoms with Gasteiger partial charge in [-0.3, -0.25) is 0 Å². The Morgan fingerprint density at radius 3 is 2.47 bits per heavy atom. The van der Waals surface area contributed by atoms with Crippen molar-refractivity contribution in [1.82, 2.24) is 4.98 Å². The molecule has 2 N–H and O–H groups in total. The van der Waals surface area contributed by atoms with Crippen LogP contribution in [0.1, 0.15) is 4.88 Å². The number of nitrogens with two attached hydrogens (primary N) is 1. The topological polar surface area (TPSA) is 38.9 Å². The number of alkyl halides is 3. The first-order valence-electron chi connectivity index (χ1n) is 3.85. The predicted molar refractivity (Wildman–Crippen MR) is 54.8 cm³/mol. The van der Waals surface area contributed by atoms with Gasteiger partial charge in [0.05, 0.1) is 10.6 Å². The molecule has 0 atom stereocenters. The van der Waals surface area contributed by atoms with Crippen LogP contribution in [0.4, 0.5) is 18.3 Å². The number of hydrogen-bond acceptors (Lipinski definition) is 4. The zero-order valence-corrected chi connectivity index (χ0v) is 8.84. The second-order valence-electron chi connectivity index (χ2n) is 2.73. The van der Waals surface area contributed by atoms with Gasteiger partial charge in [0.15, 0.2) is 5.13 Å². The molecule has 2 aromatic rings. The van der Waals surface area contributed by atoms with Gasteiger partial charge in [0.25, 0.3) is 0 Å². The number of nitrogen functional groups attached to an aromatic ring is 1. The SMILES string of the molecule is Nc1nc(-c2ccc(C(F)(F)F)s2)cs1. The van der Waals surface area contributed by atoms with Crippen LogP contribution in [-0.4, -0.2) is 4.98 Å². The molecule has 0 unspecified atom stereocenters. The van der Waals surface area contributed by atoms with E-state index in [4.69, 9.17) is 5.73 Å². The number of rotatable bonds is 1. The molecular weight excluding hydrogens is 245 g/mol. The van der Waals surface area contributed by atoms with E-state index in [1.807, 2.05) is 0 Å². The normalized spacial score (nSPS) is 11.9. The van der Waals surface area contributed by atoms with E-state index in [0.717, 1.165) is 6.07 Å². The van der Waals surface area contributed by atoms with E-state index < -0.39 is 11.1 Å². The second-order valence-corrected chi connectivity index (χ2v) is 4.71. The molecular formula is C8H5F3N2S2. The Hall–Kier alpha value is -1.08. The van der Waals surface area contributed by atoms with Gasteiger partial charge in [-0.05, 0) is 12.1 Å². The average Bonchev–Trinajstić information content (AvgIpc) is 2.69. The first-order valence-corrected chi connectivity index (χ1v) is 5.55. The van der Waals surface area contributed by atoms with Crippen LogP contribution in [0.25, 0.3) is 10.6 Å². The van der Waals surface area contributed by atoms with Crippen molar-refractivity contribution >= 4 is 27.8 Å². The number of nitrogens with zero attached hydrogens (tertiary/aromatic N) is 1. The van der Waals surface area contributed by atoms with Crippen molar-refractivity contribution in [3.05, 3.63) is 22.4 Å². The van der Waals surface area contributed by atoms with Crippen LogP contribution in [0.2, 0.25) is 0 Å². The van der Waals surface area contributed by atoms with E-state index >= 15 is 0 Å². The van der Waals surface area contributed by atoms with Crippen LogP contribution in [0.3, 0.4) is 0 Å². The number of aromatic nitrogens is 1. The maximum atomic E-state index is 12.3. The van der Waals surface area contributed by atoms with E-state index in [2.05, 4.69) is 4.98 Å². The van der Waals surface area contributed by atoms with Gasteiger partial charge in [0.2, 0.25) is 0 Å². The third-order valence-electron chi connectivity index (χ3n) is 1.66. The molecule has 0 amide bonds. The molecule has 0 bridgehead atoms. The monoisotopic (exact) mass is 250 g/mol. The van der Waals surface area contributed by atoms with Crippen molar-refractivity contribution in [2.45, 2.75) is 6.18 Å². The van der Waals surface area contributed by atoms with Gasteiger partial charge in [-0.15, -0.1) is 22.7 Å². The molecule has 2 aromatic heterocycles. The zero-order chi connectivity index (χ0) is 11.1. The van der Waals surface area contributed by atoms with Crippen molar-refractivity contribution in [3.8, 4) is 10.6 Å². The maximum absolute atomic E-state index is 12.3. The maximum Gasteiger partial charge on any atom is 0.425 e. The van der Waals surface area contributed by atoms with Crippen molar-refractivity contribution in [2.75, 3.05) is 5.73 Å². The molecule has 0 saturated carbocycles. The number of hydrogen-bond donors (Lipinski definition) is 1. The zero-order valence-electron chi connectivity index (χ0n) is 7.21. The molecule has 0 aliphatic heterocycles. The van der Waals surface area contributed by atoms with Crippen molar-refractivity contribution in [1.29, 1.82) is 0 Å². The summed E-state index contributed by atoms with van der Waals surface area (Å²) in [6.07, 6.45) is -4.29. The molecule has 0 saturated heterocycles. The smallest absolute Gasteiger partial charge is 0.375 e. The largest absolute Gasteiger partial charge is 0.425 e. The fraction of sp³-hybridized carbons (Fsp3) is 0.125. The van der Waals surface area contributed by atoms with E-state index in [9.17, 15) is 13.2 Å². The quantitative estimate of drug-likeness (QED) is 0.841. The summed E-state index contributed by atoms with van der Waals surface area (Å²) >= 11 is 1.88. The Morgan fingerprint density at radius 1 is 1.27 bits per heavy atom. The molecule has 0 spiro atoms. The Morgan fingerprint density at radius 2 is 2.00 bits per heavy atom. The van der Waals surface area contributed by atoms with Gasteiger partial charge in [0.1, 0.15) is 4.88 Å². The number of thiophene rings is 1. The molecule has 0 aliphatic rings. The Bertz CT molecular complexity index is 472. The van der Waals surface area contributed by atoms with E-state index in [1.165, 1.54) is 17.4 Å². The van der Waals surface area contributed by atoms with Crippen molar-refractivity contribution < 1.29 is 13.2 Å². The lowest BCUT2D eigenvalue weighted by atomic mass is 10.3. The standard InChI is InChI=1S/C8H5F3N2S2/c9-8(10,11)6-2-1-5(15-6)4-3-14-7(12)13-4/h1-3H,(H2,12,13). The van der Waals surface area contributed by atoms with Gasteiger partial charge in [-0.25, -0.2) is 4.98 Å². The van der Waals surface area contributed by atoms with Crippen molar-refractivity contribution in [3.63, 3.8) is 0 Å². The van der Waals surface area contributed by atoms with Gasteiger partial charge in [-0.1, -0.05) is 0 Å². The first-order chi connectivity index (χ1) is 6.97. The lowest BCUT2D eigenvalue weighted by molar-refractivity contribution is -0.134. The van der Waals surface area contributed by atoms with Crippen LogP contribution in [-0.2, 0) is 6.18 Å². The highest BCUT2D eigenvalue weighted by Gasteiger charge is 2.32. The summed E-state index contributed by atoms with van der Waals surface area (Å²) in [4.78, 5) is 3.78. The van der Waals surface area contributed by atoms with Gasteiger partial charge < -0.3 is 5.73 Å². The van der Waals surface area contributed by atoms with Crippen LogP contribution in [0.5, 0.6) is 0 Å². The summed E-state index contributed by atoms with van der Waals surface area (Å²) in [6.45, 7) is 0. The van der Waals surface area contributed by atoms with Crippen LogP contribution in [0, 0.1) is 0 Å². The Balaban J connectivity index is 2.36. The highest BCUT2D eigenvalue weighted by atomic mass is 32.1. The summed E-state index contributed by atoms with van der Waals surface area (Å²) in [6, 6.07) is 2.46. The summed E-state index contributed by atoms with van der Waals surface area (Å²) in [5, 5.41) is 1.99. The predicted octanol–water partition coefficient (Wildman–Crippen LogP) is 3.47. The van der Waals surface area contributed by atoms with Crippen LogP contribution in [0.15, 0.2) is 17.5 Å². The molecule has 80 valence electrons. The number of halogens is 3. The third kappa shape index (κ3) is 2.13. The van der Waals surface area contributed by atoms with Gasteiger partial charge in [-0.2, -0.15) is 13.2 Å². The van der Waals surface area contributed by atoms with Gasteiger partial charge >= 0.3 is 6.18 Å². The molecule has 0 aliphatic carbocycles. The summed E-state index contributed by atoms with van der Waals surface area (Å²) < 4.78 is 36.9. The molecule has 0 aromatic carbocycles. The molecule has 0 fully saturated rings. The fourth-order valence-corrected chi connectivity index (χ4v) is 2.50. The summed E-state index contributed by atoms with van der Waals surface area (Å²) in [5.74, 6) is 0. The lowest BCUT2D eigenvalue weighted by Gasteiger charge is -2.00. The summed E-state index contributed by atoms with van der Waals surface area (Å²) in [7, 11) is 0. The van der Waals surface area contributed by atoms with Gasteiger partial charge in [0, 0.05) is 5.38 Å². The number of thiazole rings is 1. The third-order valence-corrected chi connectivity index (χ3v) is 3.49. The van der Waals surface area contributed by atoms with E-state index in [0.29, 0.717) is 27.0 Å². The van der Waals surface area contributed by atoms with Crippen molar-refractivity contribution in [2.24, 2.45) is 0 Å². The first kappa shape index (κ1) is 10.4. The minimum atomic E-state index is -4.29. The highest BCUT2D eigenvalue weighted by Crippen LogP contribution is 2.38. The molecule has 2 rings (SSSR count). The molecule has 2 heterocycles. The van der Waals surface area contributed by atoms with Crippen LogP contribution < -0.4 is 5.73 Å².